The van der Waals surface area contributed by atoms with Gasteiger partial charge in [0.2, 0.25) is 0 Å². The summed E-state index contributed by atoms with van der Waals surface area (Å²) in [5.41, 5.74) is 0. The topological polar surface area (TPSA) is 78.9 Å². The van der Waals surface area contributed by atoms with Crippen LogP contribution in [0.3, 0.4) is 0 Å². The van der Waals surface area contributed by atoms with Crippen LogP contribution in [0.15, 0.2) is 122 Å². The molecule has 0 N–H and O–H groups in total. The van der Waals surface area contributed by atoms with Gasteiger partial charge in [0.25, 0.3) is 0 Å². The summed E-state index contributed by atoms with van der Waals surface area (Å²) in [6.45, 7) is 6.29. The molecule has 0 aromatic rings. The molecule has 1 unspecified atom stereocenters. The monoisotopic (exact) mass is 955 g/mol. The lowest BCUT2D eigenvalue weighted by Gasteiger charge is -2.18. The summed E-state index contributed by atoms with van der Waals surface area (Å²) < 4.78 is 16.7. The average molecular weight is 956 g/mol. The Morgan fingerprint density at radius 2 is 0.667 bits per heavy atom. The third kappa shape index (κ3) is 54.6. The van der Waals surface area contributed by atoms with Gasteiger partial charge < -0.3 is 14.2 Å². The van der Waals surface area contributed by atoms with E-state index < -0.39 is 6.10 Å². The Hall–Kier alpha value is -4.19. The summed E-state index contributed by atoms with van der Waals surface area (Å²) in [6, 6.07) is 0. The minimum Gasteiger partial charge on any atom is -0.462 e. The van der Waals surface area contributed by atoms with Gasteiger partial charge in [0, 0.05) is 19.3 Å². The van der Waals surface area contributed by atoms with Crippen molar-refractivity contribution in [1.29, 1.82) is 0 Å². The molecule has 0 aliphatic heterocycles. The largest absolute Gasteiger partial charge is 0.462 e. The van der Waals surface area contributed by atoms with Crippen LogP contribution in [0.2, 0.25) is 0 Å². The second kappa shape index (κ2) is 56.4. The fraction of sp³-hybridized carbons (Fsp3) is 0.635. The van der Waals surface area contributed by atoms with E-state index in [0.717, 1.165) is 89.9 Å². The lowest BCUT2D eigenvalue weighted by atomic mass is 10.0. The third-order valence-electron chi connectivity index (χ3n) is 11.6. The molecule has 0 rings (SSSR count). The quantitative estimate of drug-likeness (QED) is 0.0199. The summed E-state index contributed by atoms with van der Waals surface area (Å²) in [7, 11) is 0. The van der Waals surface area contributed by atoms with Gasteiger partial charge in [0.1, 0.15) is 13.2 Å². The Labute approximate surface area is 424 Å². The predicted octanol–water partition coefficient (Wildman–Crippen LogP) is 18.9. The zero-order valence-electron chi connectivity index (χ0n) is 44.5. The summed E-state index contributed by atoms with van der Waals surface area (Å²) in [6.07, 6.45) is 77.8. The molecule has 0 saturated carbocycles. The first-order valence-corrected chi connectivity index (χ1v) is 28.1. The van der Waals surface area contributed by atoms with E-state index in [1.807, 2.05) is 48.6 Å². The molecule has 69 heavy (non-hydrogen) atoms. The van der Waals surface area contributed by atoms with Crippen molar-refractivity contribution in [2.75, 3.05) is 13.2 Å². The van der Waals surface area contributed by atoms with Gasteiger partial charge >= 0.3 is 17.9 Å². The van der Waals surface area contributed by atoms with Crippen molar-refractivity contribution in [3.63, 3.8) is 0 Å². The molecule has 0 saturated heterocycles. The lowest BCUT2D eigenvalue weighted by molar-refractivity contribution is -0.166. The van der Waals surface area contributed by atoms with Gasteiger partial charge in [-0.2, -0.15) is 0 Å². The van der Waals surface area contributed by atoms with Gasteiger partial charge in [-0.1, -0.05) is 264 Å². The Morgan fingerprint density at radius 3 is 1.12 bits per heavy atom. The highest BCUT2D eigenvalue weighted by atomic mass is 16.6. The number of hydrogen-bond donors (Lipinski definition) is 0. The number of hydrogen-bond acceptors (Lipinski definition) is 6. The highest BCUT2D eigenvalue weighted by Crippen LogP contribution is 2.16. The Bertz CT molecular complexity index is 1470. The average Bonchev–Trinajstić information content (AvgIpc) is 3.35. The molecule has 0 amide bonds. The molecule has 0 spiro atoms. The molecule has 0 aliphatic rings. The Morgan fingerprint density at radius 1 is 0.319 bits per heavy atom. The van der Waals surface area contributed by atoms with Crippen LogP contribution in [0.25, 0.3) is 0 Å². The number of rotatable bonds is 49. The fourth-order valence-electron chi connectivity index (χ4n) is 7.42. The standard InChI is InChI=1S/C63H102O6/c1-4-7-10-13-16-19-22-25-27-29-31-33-35-38-41-44-47-50-53-56-62(65)68-59-60(58-67-61(64)55-52-49-46-43-40-37-24-21-18-15-12-9-6-3)69-63(66)57-54-51-48-45-42-39-36-34-32-30-28-26-23-20-17-14-11-8-5-2/h7,9-10,12,15-16,18-19,21,24-25,27,31,33,37-38,40-41,47,50,60H,4-6,8,11,13-14,17,20,22-23,26,28-30,32,34-36,39,42-46,48-49,51-59H2,1-3H3/b10-7+,12-9+,18-15+,19-16+,24-21+,27-25+,33-31+,40-37+,41-38+,50-47+. The summed E-state index contributed by atoms with van der Waals surface area (Å²) in [5.74, 6) is -1.05. The molecule has 0 aromatic carbocycles. The van der Waals surface area contributed by atoms with Crippen molar-refractivity contribution in [3.8, 4) is 0 Å². The molecular formula is C63H102O6. The van der Waals surface area contributed by atoms with Crippen molar-refractivity contribution in [2.45, 2.75) is 245 Å². The maximum absolute atomic E-state index is 12.9. The minimum absolute atomic E-state index is 0.123. The van der Waals surface area contributed by atoms with E-state index >= 15 is 0 Å². The smallest absolute Gasteiger partial charge is 0.306 e. The predicted molar refractivity (Wildman–Crippen MR) is 297 cm³/mol. The lowest BCUT2D eigenvalue weighted by Crippen LogP contribution is -2.30. The molecular weight excluding hydrogens is 853 g/mol. The zero-order valence-corrected chi connectivity index (χ0v) is 44.5. The SMILES string of the molecule is CC/C=C/C=C/C=C/C=C/CCCCCC(=O)OCC(COC(=O)CC/C=C/C/C=C/C/C=C/C/C=C/C/C=C/C/C=C/CC)OC(=O)CCCCCCCCCCCCCCCCCCCCC. The van der Waals surface area contributed by atoms with E-state index in [-0.39, 0.29) is 37.5 Å². The van der Waals surface area contributed by atoms with E-state index in [1.54, 1.807) is 0 Å². The van der Waals surface area contributed by atoms with Crippen LogP contribution in [0, 0.1) is 0 Å². The van der Waals surface area contributed by atoms with Gasteiger partial charge in [0.05, 0.1) is 0 Å². The molecule has 0 bridgehead atoms. The second-order valence-corrected chi connectivity index (χ2v) is 18.2. The van der Waals surface area contributed by atoms with Crippen molar-refractivity contribution >= 4 is 17.9 Å². The molecule has 1 atom stereocenters. The fourth-order valence-corrected chi connectivity index (χ4v) is 7.42. The van der Waals surface area contributed by atoms with E-state index in [0.29, 0.717) is 19.3 Å². The highest BCUT2D eigenvalue weighted by Gasteiger charge is 2.19. The summed E-state index contributed by atoms with van der Waals surface area (Å²) in [4.78, 5) is 38.1. The molecule has 6 nitrogen and oxygen atoms in total. The van der Waals surface area contributed by atoms with Crippen LogP contribution < -0.4 is 0 Å². The molecule has 0 aliphatic carbocycles. The van der Waals surface area contributed by atoms with E-state index in [9.17, 15) is 14.4 Å². The number of unbranched alkanes of at least 4 members (excludes halogenated alkanes) is 21. The zero-order chi connectivity index (χ0) is 50.0. The minimum atomic E-state index is -0.827. The van der Waals surface area contributed by atoms with Crippen molar-refractivity contribution in [1.82, 2.24) is 0 Å². The summed E-state index contributed by atoms with van der Waals surface area (Å²) >= 11 is 0. The molecule has 0 aromatic heterocycles. The first-order chi connectivity index (χ1) is 34.0. The van der Waals surface area contributed by atoms with Crippen LogP contribution >= 0.6 is 0 Å². The van der Waals surface area contributed by atoms with Crippen LogP contribution in [0.4, 0.5) is 0 Å². The first kappa shape index (κ1) is 64.8. The number of esters is 3. The van der Waals surface area contributed by atoms with Crippen LogP contribution in [0.5, 0.6) is 0 Å². The van der Waals surface area contributed by atoms with Crippen molar-refractivity contribution in [3.05, 3.63) is 122 Å². The van der Waals surface area contributed by atoms with E-state index in [1.165, 1.54) is 103 Å². The van der Waals surface area contributed by atoms with Gasteiger partial charge in [-0.15, -0.1) is 0 Å². The molecule has 0 fully saturated rings. The molecule has 0 radical (unpaired) electrons. The first-order valence-electron chi connectivity index (χ1n) is 28.1. The van der Waals surface area contributed by atoms with Gasteiger partial charge in [0.15, 0.2) is 6.10 Å². The maximum atomic E-state index is 12.9. The van der Waals surface area contributed by atoms with Gasteiger partial charge in [-0.3, -0.25) is 14.4 Å². The van der Waals surface area contributed by atoms with Crippen molar-refractivity contribution < 1.29 is 28.6 Å². The van der Waals surface area contributed by atoms with E-state index in [2.05, 4.69) is 93.7 Å². The van der Waals surface area contributed by atoms with Crippen LogP contribution in [-0.4, -0.2) is 37.2 Å². The van der Waals surface area contributed by atoms with Crippen molar-refractivity contribution in [2.24, 2.45) is 0 Å². The molecule has 390 valence electrons. The van der Waals surface area contributed by atoms with Crippen LogP contribution in [0.1, 0.15) is 239 Å². The Kier molecular flexibility index (Phi) is 53.0. The van der Waals surface area contributed by atoms with Gasteiger partial charge in [-0.05, 0) is 77.0 Å². The van der Waals surface area contributed by atoms with E-state index in [4.69, 9.17) is 14.2 Å². The molecule has 0 heterocycles. The normalized spacial score (nSPS) is 13.0. The van der Waals surface area contributed by atoms with Gasteiger partial charge in [-0.25, -0.2) is 0 Å². The maximum Gasteiger partial charge on any atom is 0.306 e. The molecule has 6 heteroatoms. The number of carbonyl (C=O) groups is 3. The summed E-state index contributed by atoms with van der Waals surface area (Å²) in [5, 5.41) is 0. The van der Waals surface area contributed by atoms with Crippen LogP contribution in [-0.2, 0) is 28.6 Å². The highest BCUT2D eigenvalue weighted by molar-refractivity contribution is 5.71. The Balaban J connectivity index is 4.51. The number of allylic oxidation sites excluding steroid dienone is 20. The second-order valence-electron chi connectivity index (χ2n) is 18.2. The third-order valence-corrected chi connectivity index (χ3v) is 11.6. The number of ether oxygens (including phenoxy) is 3. The number of carbonyl (C=O) groups excluding carboxylic acids is 3.